The van der Waals surface area contributed by atoms with Crippen molar-refractivity contribution in [2.45, 2.75) is 37.6 Å². The van der Waals surface area contributed by atoms with E-state index in [4.69, 9.17) is 4.74 Å². The third-order valence-electron chi connectivity index (χ3n) is 4.75. The van der Waals surface area contributed by atoms with Crippen molar-refractivity contribution in [3.8, 4) is 0 Å². The van der Waals surface area contributed by atoms with E-state index < -0.39 is 5.41 Å². The first-order chi connectivity index (χ1) is 9.17. The summed E-state index contributed by atoms with van der Waals surface area (Å²) < 4.78 is 5.39. The Bertz CT molecular complexity index is 499. The van der Waals surface area contributed by atoms with Gasteiger partial charge in [0.2, 0.25) is 0 Å². The number of benzene rings is 1. The summed E-state index contributed by atoms with van der Waals surface area (Å²) in [4.78, 5) is 14.9. The molecule has 1 aromatic carbocycles. The van der Waals surface area contributed by atoms with Crippen LogP contribution in [0.2, 0.25) is 0 Å². The summed E-state index contributed by atoms with van der Waals surface area (Å²) in [5.41, 5.74) is 2.12. The molecule has 0 radical (unpaired) electrons. The van der Waals surface area contributed by atoms with Gasteiger partial charge in [-0.15, -0.1) is 0 Å². The zero-order chi connectivity index (χ0) is 13.5. The highest BCUT2D eigenvalue weighted by atomic mass is 16.5. The molecule has 3 nitrogen and oxygen atoms in total. The fourth-order valence-corrected chi connectivity index (χ4v) is 3.67. The van der Waals surface area contributed by atoms with Crippen LogP contribution in [0.3, 0.4) is 0 Å². The van der Waals surface area contributed by atoms with Gasteiger partial charge >= 0.3 is 5.97 Å². The van der Waals surface area contributed by atoms with Gasteiger partial charge in [-0.2, -0.15) is 0 Å². The minimum atomic E-state index is -0.401. The summed E-state index contributed by atoms with van der Waals surface area (Å²) in [6, 6.07) is 8.85. The maximum Gasteiger partial charge on any atom is 0.316 e. The molecule has 1 saturated heterocycles. The highest BCUT2D eigenvalue weighted by molar-refractivity contribution is 5.84. The smallest absolute Gasteiger partial charge is 0.316 e. The molecule has 1 fully saturated rings. The van der Waals surface area contributed by atoms with Gasteiger partial charge in [0.05, 0.1) is 12.0 Å². The van der Waals surface area contributed by atoms with Crippen LogP contribution in [0.15, 0.2) is 24.3 Å². The number of likely N-dealkylation sites (tertiary alicyclic amines) is 1. The number of likely N-dealkylation sites (N-methyl/N-ethyl adjacent to an activating group) is 1. The fourth-order valence-electron chi connectivity index (χ4n) is 3.67. The molecule has 2 atom stereocenters. The molecule has 3 rings (SSSR count). The maximum atomic E-state index is 12.6. The lowest BCUT2D eigenvalue weighted by molar-refractivity contribution is -0.153. The van der Waals surface area contributed by atoms with Gasteiger partial charge in [-0.1, -0.05) is 24.3 Å². The predicted octanol–water partition coefficient (Wildman–Crippen LogP) is 2.14. The molecule has 0 spiro atoms. The van der Waals surface area contributed by atoms with Gasteiger partial charge in [-0.25, -0.2) is 0 Å². The molecule has 0 aromatic heterocycles. The average Bonchev–Trinajstić information content (AvgIpc) is 2.43. The summed E-state index contributed by atoms with van der Waals surface area (Å²) in [7, 11) is 2.16. The topological polar surface area (TPSA) is 29.5 Å². The first kappa shape index (κ1) is 12.7. The Morgan fingerprint density at radius 2 is 2.26 bits per heavy atom. The number of ether oxygens (including phenoxy) is 1. The highest BCUT2D eigenvalue weighted by Crippen LogP contribution is 2.45. The minimum Gasteiger partial charge on any atom is -0.465 e. The normalized spacial score (nSPS) is 29.7. The summed E-state index contributed by atoms with van der Waals surface area (Å²) in [5, 5.41) is 0. The Labute approximate surface area is 114 Å². The maximum absolute atomic E-state index is 12.6. The fraction of sp³-hybridized carbons (Fsp3) is 0.562. The van der Waals surface area contributed by atoms with Gasteiger partial charge in [0, 0.05) is 6.04 Å². The lowest BCUT2D eigenvalue weighted by Gasteiger charge is -2.48. The van der Waals surface area contributed by atoms with E-state index in [1.54, 1.807) is 0 Å². The van der Waals surface area contributed by atoms with Crippen LogP contribution in [0.25, 0.3) is 0 Å². The summed E-state index contributed by atoms with van der Waals surface area (Å²) in [5.74, 6) is -0.0275. The molecule has 2 aliphatic rings. The highest BCUT2D eigenvalue weighted by Gasteiger charge is 2.50. The molecule has 2 bridgehead atoms. The third kappa shape index (κ3) is 1.88. The molecule has 1 aromatic rings. The number of carbonyl (C=O) groups excluding carboxylic acids is 1. The van der Waals surface area contributed by atoms with Crippen LogP contribution in [0.4, 0.5) is 0 Å². The lowest BCUT2D eigenvalue weighted by atomic mass is 9.64. The standard InChI is InChI=1S/C16H21NO2/c1-3-19-15(18)16-8-9-17(2)13(11-16)10-12-6-4-5-7-14(12)16/h4-7,13H,3,8-11H2,1-2H3. The second kappa shape index (κ2) is 4.64. The first-order valence-electron chi connectivity index (χ1n) is 7.13. The van der Waals surface area contributed by atoms with Crippen molar-refractivity contribution >= 4 is 5.97 Å². The van der Waals surface area contributed by atoms with E-state index in [9.17, 15) is 4.79 Å². The number of hydrogen-bond acceptors (Lipinski definition) is 3. The Morgan fingerprint density at radius 3 is 3.05 bits per heavy atom. The molecule has 0 amide bonds. The number of nitrogens with zero attached hydrogens (tertiary/aromatic N) is 1. The van der Waals surface area contributed by atoms with Gasteiger partial charge in [0.15, 0.2) is 0 Å². The third-order valence-corrected chi connectivity index (χ3v) is 4.75. The molecule has 0 saturated carbocycles. The van der Waals surface area contributed by atoms with Crippen LogP contribution in [0.5, 0.6) is 0 Å². The second-order valence-electron chi connectivity index (χ2n) is 5.75. The molecule has 0 N–H and O–H groups in total. The van der Waals surface area contributed by atoms with Crippen molar-refractivity contribution in [2.75, 3.05) is 20.2 Å². The van der Waals surface area contributed by atoms with Gasteiger partial charge < -0.3 is 9.64 Å². The van der Waals surface area contributed by atoms with Crippen LogP contribution >= 0.6 is 0 Å². The molecule has 19 heavy (non-hydrogen) atoms. The van der Waals surface area contributed by atoms with E-state index in [-0.39, 0.29) is 5.97 Å². The molecule has 1 heterocycles. The zero-order valence-electron chi connectivity index (χ0n) is 11.7. The lowest BCUT2D eigenvalue weighted by Crippen LogP contribution is -2.55. The number of fused-ring (bicyclic) bond motifs is 4. The van der Waals surface area contributed by atoms with Crippen LogP contribution in [-0.2, 0) is 21.4 Å². The zero-order valence-corrected chi connectivity index (χ0v) is 11.7. The van der Waals surface area contributed by atoms with E-state index in [1.165, 1.54) is 11.1 Å². The van der Waals surface area contributed by atoms with Gasteiger partial charge in [0.1, 0.15) is 0 Å². The molecule has 3 heteroatoms. The number of rotatable bonds is 2. The van der Waals surface area contributed by atoms with E-state index in [0.29, 0.717) is 12.6 Å². The minimum absolute atomic E-state index is 0.0275. The summed E-state index contributed by atoms with van der Waals surface area (Å²) in [6.45, 7) is 3.32. The van der Waals surface area contributed by atoms with Crippen LogP contribution in [0, 0.1) is 0 Å². The van der Waals surface area contributed by atoms with Gasteiger partial charge in [-0.05, 0) is 50.9 Å². The first-order valence-corrected chi connectivity index (χ1v) is 7.13. The van der Waals surface area contributed by atoms with Crippen LogP contribution in [-0.4, -0.2) is 37.1 Å². The second-order valence-corrected chi connectivity index (χ2v) is 5.75. The quantitative estimate of drug-likeness (QED) is 0.762. The van der Waals surface area contributed by atoms with Crippen molar-refractivity contribution in [3.63, 3.8) is 0 Å². The molecular formula is C16H21NO2. The van der Waals surface area contributed by atoms with Gasteiger partial charge in [-0.3, -0.25) is 4.79 Å². The van der Waals surface area contributed by atoms with E-state index in [0.717, 1.165) is 25.8 Å². The molecule has 102 valence electrons. The molecular weight excluding hydrogens is 238 g/mol. The number of esters is 1. The Balaban J connectivity index is 2.08. The van der Waals surface area contributed by atoms with Crippen molar-refractivity contribution in [2.24, 2.45) is 0 Å². The van der Waals surface area contributed by atoms with Crippen LogP contribution in [0.1, 0.15) is 30.9 Å². The average molecular weight is 259 g/mol. The van der Waals surface area contributed by atoms with Crippen molar-refractivity contribution in [1.82, 2.24) is 4.90 Å². The molecule has 1 aliphatic carbocycles. The van der Waals surface area contributed by atoms with E-state index in [1.807, 2.05) is 13.0 Å². The largest absolute Gasteiger partial charge is 0.465 e. The predicted molar refractivity (Wildman–Crippen MR) is 74.1 cm³/mol. The van der Waals surface area contributed by atoms with Crippen molar-refractivity contribution < 1.29 is 9.53 Å². The summed E-state index contributed by atoms with van der Waals surface area (Å²) >= 11 is 0. The Kier molecular flexibility index (Phi) is 3.09. The van der Waals surface area contributed by atoms with Gasteiger partial charge in [0.25, 0.3) is 0 Å². The van der Waals surface area contributed by atoms with E-state index in [2.05, 4.69) is 30.1 Å². The van der Waals surface area contributed by atoms with E-state index >= 15 is 0 Å². The monoisotopic (exact) mass is 259 g/mol. The Morgan fingerprint density at radius 1 is 1.47 bits per heavy atom. The van der Waals surface area contributed by atoms with Crippen molar-refractivity contribution in [1.29, 1.82) is 0 Å². The number of hydrogen-bond donors (Lipinski definition) is 0. The SMILES string of the molecule is CCOC(=O)C12CCN(C)C(Cc3ccccc31)C2. The number of piperidine rings is 1. The molecule has 2 unspecified atom stereocenters. The molecule has 1 aliphatic heterocycles. The van der Waals surface area contributed by atoms with Crippen molar-refractivity contribution in [3.05, 3.63) is 35.4 Å². The summed E-state index contributed by atoms with van der Waals surface area (Å²) in [6.07, 6.45) is 2.82. The number of carbonyl (C=O) groups is 1. The van der Waals surface area contributed by atoms with Crippen LogP contribution < -0.4 is 0 Å². The Hall–Kier alpha value is -1.35.